The molecule has 1 aliphatic rings. The molecule has 28 heavy (non-hydrogen) atoms. The lowest BCUT2D eigenvalue weighted by Crippen LogP contribution is -2.42. The summed E-state index contributed by atoms with van der Waals surface area (Å²) in [5, 5.41) is 13.6. The first-order chi connectivity index (χ1) is 13.4. The zero-order chi connectivity index (χ0) is 20.3. The van der Waals surface area contributed by atoms with Crippen molar-refractivity contribution in [1.82, 2.24) is 14.8 Å². The number of hydrogen-bond acceptors (Lipinski definition) is 5. The number of ether oxygens (including phenoxy) is 1. The fourth-order valence-corrected chi connectivity index (χ4v) is 3.31. The van der Waals surface area contributed by atoms with E-state index in [-0.39, 0.29) is 24.1 Å². The number of carbonyl (C=O) groups excluding carboxylic acids is 1. The Bertz CT molecular complexity index is 911. The second kappa shape index (κ2) is 8.53. The van der Waals surface area contributed by atoms with E-state index >= 15 is 0 Å². The van der Waals surface area contributed by atoms with Crippen LogP contribution in [0.15, 0.2) is 35.3 Å². The van der Waals surface area contributed by atoms with Gasteiger partial charge in [-0.1, -0.05) is 12.1 Å². The van der Waals surface area contributed by atoms with Gasteiger partial charge in [-0.15, -0.1) is 0 Å². The molecule has 1 amide bonds. The fraction of sp³-hybridized carbons (Fsp3) is 0.400. The first kappa shape index (κ1) is 20.0. The van der Waals surface area contributed by atoms with Crippen molar-refractivity contribution in [2.45, 2.75) is 26.1 Å². The Kier molecular flexibility index (Phi) is 6.11. The lowest BCUT2D eigenvalue weighted by Gasteiger charge is -2.31. The Hall–Kier alpha value is -2.71. The van der Waals surface area contributed by atoms with E-state index in [0.717, 1.165) is 5.56 Å². The molecule has 1 aromatic heterocycles. The summed E-state index contributed by atoms with van der Waals surface area (Å²) >= 11 is 0. The van der Waals surface area contributed by atoms with Crippen LogP contribution in [0.25, 0.3) is 0 Å². The largest absolute Gasteiger partial charge is 0.503 e. The van der Waals surface area contributed by atoms with Crippen molar-refractivity contribution in [2.24, 2.45) is 0 Å². The maximum atomic E-state index is 13.1. The van der Waals surface area contributed by atoms with Gasteiger partial charge in [-0.2, -0.15) is 0 Å². The van der Waals surface area contributed by atoms with Crippen LogP contribution in [-0.4, -0.2) is 47.3 Å². The van der Waals surface area contributed by atoms with Crippen molar-refractivity contribution >= 4 is 5.91 Å². The van der Waals surface area contributed by atoms with Gasteiger partial charge in [-0.3, -0.25) is 9.59 Å². The predicted octanol–water partition coefficient (Wildman–Crippen LogP) is 1.65. The lowest BCUT2D eigenvalue weighted by molar-refractivity contribution is 0.0683. The zero-order valence-electron chi connectivity index (χ0n) is 15.9. The topological polar surface area (TPSA) is 83.8 Å². The SMILES string of the molecule is COCCNC(C)c1cn2c(c(O)c1=O)C(=O)N(Cc1ccc(F)cc1)CC2. The number of nitrogens with zero attached hydrogens (tertiary/aromatic N) is 2. The molecule has 2 aromatic rings. The molecule has 1 aromatic carbocycles. The van der Waals surface area contributed by atoms with Gasteiger partial charge in [-0.25, -0.2) is 4.39 Å². The van der Waals surface area contributed by atoms with Crippen LogP contribution in [0.3, 0.4) is 0 Å². The van der Waals surface area contributed by atoms with Gasteiger partial charge < -0.3 is 24.6 Å². The van der Waals surface area contributed by atoms with Crippen LogP contribution in [0.5, 0.6) is 5.75 Å². The number of pyridine rings is 1. The molecule has 0 radical (unpaired) electrons. The number of halogens is 1. The van der Waals surface area contributed by atoms with E-state index < -0.39 is 17.1 Å². The van der Waals surface area contributed by atoms with E-state index in [2.05, 4.69) is 5.32 Å². The van der Waals surface area contributed by atoms with E-state index in [1.54, 1.807) is 34.9 Å². The summed E-state index contributed by atoms with van der Waals surface area (Å²) in [4.78, 5) is 27.0. The summed E-state index contributed by atoms with van der Waals surface area (Å²) in [6.07, 6.45) is 1.63. The molecule has 1 atom stereocenters. The number of hydrogen-bond donors (Lipinski definition) is 2. The smallest absolute Gasteiger partial charge is 0.274 e. The molecular weight excluding hydrogens is 365 g/mol. The lowest BCUT2D eigenvalue weighted by atomic mass is 10.1. The second-order valence-corrected chi connectivity index (χ2v) is 6.83. The van der Waals surface area contributed by atoms with E-state index in [0.29, 0.717) is 31.8 Å². The van der Waals surface area contributed by atoms with Crippen LogP contribution in [0, 0.1) is 5.82 Å². The Morgan fingerprint density at radius 1 is 1.25 bits per heavy atom. The number of rotatable bonds is 7. The fourth-order valence-electron chi connectivity index (χ4n) is 3.31. The van der Waals surface area contributed by atoms with Crippen molar-refractivity contribution in [1.29, 1.82) is 0 Å². The van der Waals surface area contributed by atoms with Gasteiger partial charge in [0.05, 0.1) is 6.61 Å². The summed E-state index contributed by atoms with van der Waals surface area (Å²) in [6.45, 7) is 4.04. The number of benzene rings is 1. The Labute approximate surface area is 162 Å². The quantitative estimate of drug-likeness (QED) is 0.704. The van der Waals surface area contributed by atoms with E-state index in [1.165, 1.54) is 12.1 Å². The third-order valence-electron chi connectivity index (χ3n) is 4.89. The predicted molar refractivity (Wildman–Crippen MR) is 102 cm³/mol. The number of aromatic nitrogens is 1. The average Bonchev–Trinajstić information content (AvgIpc) is 2.68. The van der Waals surface area contributed by atoms with Gasteiger partial charge in [0.1, 0.15) is 5.82 Å². The maximum Gasteiger partial charge on any atom is 0.274 e. The molecular formula is C20H24FN3O4. The van der Waals surface area contributed by atoms with Gasteiger partial charge in [-0.05, 0) is 24.6 Å². The molecule has 150 valence electrons. The highest BCUT2D eigenvalue weighted by Gasteiger charge is 2.30. The zero-order valence-corrected chi connectivity index (χ0v) is 15.9. The maximum absolute atomic E-state index is 13.1. The molecule has 0 bridgehead atoms. The summed E-state index contributed by atoms with van der Waals surface area (Å²) < 4.78 is 19.7. The van der Waals surface area contributed by atoms with E-state index in [1.807, 2.05) is 6.92 Å². The summed E-state index contributed by atoms with van der Waals surface area (Å²) in [6, 6.07) is 5.61. The van der Waals surface area contributed by atoms with Crippen LogP contribution < -0.4 is 10.7 Å². The Morgan fingerprint density at radius 2 is 1.96 bits per heavy atom. The molecule has 0 aliphatic carbocycles. The number of nitrogens with one attached hydrogen (secondary N) is 1. The number of amides is 1. The third-order valence-corrected chi connectivity index (χ3v) is 4.89. The van der Waals surface area contributed by atoms with Gasteiger partial charge in [0.15, 0.2) is 11.4 Å². The average molecular weight is 389 g/mol. The molecule has 1 aliphatic heterocycles. The molecule has 0 saturated carbocycles. The Morgan fingerprint density at radius 3 is 2.64 bits per heavy atom. The highest BCUT2D eigenvalue weighted by Crippen LogP contribution is 2.23. The minimum absolute atomic E-state index is 0.00815. The van der Waals surface area contributed by atoms with E-state index in [9.17, 15) is 19.1 Å². The minimum atomic E-state index is -0.555. The van der Waals surface area contributed by atoms with Crippen molar-refractivity contribution in [2.75, 3.05) is 26.8 Å². The normalized spacial score (nSPS) is 14.8. The van der Waals surface area contributed by atoms with Crippen LogP contribution in [0.1, 0.15) is 34.6 Å². The molecule has 0 fully saturated rings. The first-order valence-corrected chi connectivity index (χ1v) is 9.14. The van der Waals surface area contributed by atoms with Crippen molar-refractivity contribution in [3.8, 4) is 5.75 Å². The number of aromatic hydroxyl groups is 1. The van der Waals surface area contributed by atoms with Crippen LogP contribution >= 0.6 is 0 Å². The molecule has 3 rings (SSSR count). The van der Waals surface area contributed by atoms with Crippen molar-refractivity contribution in [3.05, 3.63) is 63.3 Å². The second-order valence-electron chi connectivity index (χ2n) is 6.83. The van der Waals surface area contributed by atoms with Crippen molar-refractivity contribution in [3.63, 3.8) is 0 Å². The molecule has 1 unspecified atom stereocenters. The van der Waals surface area contributed by atoms with Crippen LogP contribution in [-0.2, 0) is 17.8 Å². The highest BCUT2D eigenvalue weighted by molar-refractivity contribution is 5.95. The number of methoxy groups -OCH3 is 1. The summed E-state index contributed by atoms with van der Waals surface area (Å²) in [5.74, 6) is -1.30. The standard InChI is InChI=1S/C20H24FN3O4/c1-13(22-7-10-28-2)16-12-23-8-9-24(11-14-3-5-15(21)6-4-14)20(27)17(23)19(26)18(16)25/h3-6,12-13,22,26H,7-11H2,1-2H3. The molecule has 2 heterocycles. The molecule has 8 heteroatoms. The highest BCUT2D eigenvalue weighted by atomic mass is 19.1. The van der Waals surface area contributed by atoms with E-state index in [4.69, 9.17) is 4.74 Å². The van der Waals surface area contributed by atoms with Crippen LogP contribution in [0.2, 0.25) is 0 Å². The van der Waals surface area contributed by atoms with Crippen molar-refractivity contribution < 1.29 is 19.0 Å². The van der Waals surface area contributed by atoms with Gasteiger partial charge in [0.25, 0.3) is 5.91 Å². The molecule has 0 saturated heterocycles. The number of carbonyl (C=O) groups is 1. The molecule has 2 N–H and O–H groups in total. The first-order valence-electron chi connectivity index (χ1n) is 9.14. The Balaban J connectivity index is 1.84. The van der Waals surface area contributed by atoms with Crippen LogP contribution in [0.4, 0.5) is 4.39 Å². The molecule has 7 nitrogen and oxygen atoms in total. The minimum Gasteiger partial charge on any atom is -0.503 e. The van der Waals surface area contributed by atoms with Gasteiger partial charge in [0, 0.05) is 51.1 Å². The monoisotopic (exact) mass is 389 g/mol. The molecule has 0 spiro atoms. The summed E-state index contributed by atoms with van der Waals surface area (Å²) in [7, 11) is 1.59. The van der Waals surface area contributed by atoms with Gasteiger partial charge in [0.2, 0.25) is 5.43 Å². The summed E-state index contributed by atoms with van der Waals surface area (Å²) in [5.41, 5.74) is 0.613. The number of fused-ring (bicyclic) bond motifs is 1. The third kappa shape index (κ3) is 4.07. The van der Waals surface area contributed by atoms with Gasteiger partial charge >= 0.3 is 0 Å².